The summed E-state index contributed by atoms with van der Waals surface area (Å²) in [5.41, 5.74) is 0. The van der Waals surface area contributed by atoms with Crippen molar-refractivity contribution in [2.75, 3.05) is 0 Å². The van der Waals surface area contributed by atoms with Crippen LogP contribution in [0.3, 0.4) is 0 Å². The largest absolute Gasteiger partial charge is 0.368 e. The molecule has 0 aliphatic rings. The molecule has 46 valence electrons. The zero-order valence-corrected chi connectivity index (χ0v) is 3.77. The Morgan fingerprint density at radius 3 is 2.50 bits per heavy atom. The van der Waals surface area contributed by atoms with E-state index >= 15 is 0 Å². The van der Waals surface area contributed by atoms with Gasteiger partial charge in [0.15, 0.2) is 0 Å². The highest BCUT2D eigenvalue weighted by molar-refractivity contribution is 5.80. The third kappa shape index (κ3) is 3.13. The fourth-order valence-electron chi connectivity index (χ4n) is 0.116. The number of hydrogen-bond acceptors (Lipinski definition) is 5. The van der Waals surface area contributed by atoms with E-state index in [1.54, 1.807) is 0 Å². The van der Waals surface area contributed by atoms with Gasteiger partial charge in [-0.3, -0.25) is 4.89 Å². The molecule has 0 heterocycles. The summed E-state index contributed by atoms with van der Waals surface area (Å²) in [6, 6.07) is 0. The molecule has 0 unspecified atom stereocenters. The van der Waals surface area contributed by atoms with Crippen LogP contribution in [-0.2, 0) is 14.6 Å². The van der Waals surface area contributed by atoms with Gasteiger partial charge in [0.2, 0.25) is 0 Å². The third-order valence-corrected chi connectivity index (χ3v) is 0.355. The second-order valence-electron chi connectivity index (χ2n) is 0.818. The van der Waals surface area contributed by atoms with Crippen molar-refractivity contribution < 1.29 is 25.1 Å². The standard InChI is InChI=1S/C3H4O5/c4-3(8-6)1-2-7-5/h1-2,5-6H. The van der Waals surface area contributed by atoms with E-state index in [0.717, 1.165) is 0 Å². The summed E-state index contributed by atoms with van der Waals surface area (Å²) < 4.78 is 0. The highest BCUT2D eigenvalue weighted by atomic mass is 17.1. The Balaban J connectivity index is 3.37. The molecule has 0 fully saturated rings. The quantitative estimate of drug-likeness (QED) is 0.232. The topological polar surface area (TPSA) is 76.0 Å². The van der Waals surface area contributed by atoms with E-state index in [4.69, 9.17) is 10.5 Å². The van der Waals surface area contributed by atoms with Crippen molar-refractivity contribution >= 4 is 5.97 Å². The molecule has 8 heavy (non-hydrogen) atoms. The van der Waals surface area contributed by atoms with E-state index in [0.29, 0.717) is 12.3 Å². The second-order valence-corrected chi connectivity index (χ2v) is 0.818. The first kappa shape index (κ1) is 6.93. The molecule has 0 spiro atoms. The van der Waals surface area contributed by atoms with Crippen LogP contribution in [-0.4, -0.2) is 16.5 Å². The maximum absolute atomic E-state index is 9.82. The van der Waals surface area contributed by atoms with Gasteiger partial charge in [0, 0.05) is 0 Å². The van der Waals surface area contributed by atoms with E-state index in [1.165, 1.54) is 0 Å². The molecule has 0 aliphatic heterocycles. The van der Waals surface area contributed by atoms with Gasteiger partial charge in [-0.25, -0.2) is 10.1 Å². The lowest BCUT2D eigenvalue weighted by Gasteiger charge is -1.83. The van der Waals surface area contributed by atoms with Crippen LogP contribution >= 0.6 is 0 Å². The van der Waals surface area contributed by atoms with Gasteiger partial charge in [0.1, 0.15) is 6.26 Å². The summed E-state index contributed by atoms with van der Waals surface area (Å²) >= 11 is 0. The van der Waals surface area contributed by atoms with Crippen LogP contribution in [0.4, 0.5) is 0 Å². The minimum absolute atomic E-state index is 0.651. The molecule has 0 aromatic rings. The molecular weight excluding hydrogens is 116 g/mol. The smallest absolute Gasteiger partial charge is 0.348 e. The molecular formula is C3H4O5. The van der Waals surface area contributed by atoms with E-state index in [2.05, 4.69) is 9.78 Å². The fourth-order valence-corrected chi connectivity index (χ4v) is 0.116. The molecule has 0 bridgehead atoms. The normalized spacial score (nSPS) is 9.25. The van der Waals surface area contributed by atoms with Crippen molar-refractivity contribution in [2.24, 2.45) is 0 Å². The molecule has 0 saturated carbocycles. The molecule has 0 amide bonds. The van der Waals surface area contributed by atoms with Gasteiger partial charge >= 0.3 is 5.97 Å². The molecule has 0 aliphatic carbocycles. The van der Waals surface area contributed by atoms with Crippen molar-refractivity contribution in [1.29, 1.82) is 0 Å². The summed E-state index contributed by atoms with van der Waals surface area (Å²) in [4.78, 5) is 16.3. The van der Waals surface area contributed by atoms with E-state index in [9.17, 15) is 4.79 Å². The van der Waals surface area contributed by atoms with Gasteiger partial charge in [0.25, 0.3) is 0 Å². The highest BCUT2D eigenvalue weighted by Gasteiger charge is 1.90. The minimum Gasteiger partial charge on any atom is -0.348 e. The summed E-state index contributed by atoms with van der Waals surface area (Å²) in [5.74, 6) is -1.01. The average molecular weight is 120 g/mol. The summed E-state index contributed by atoms with van der Waals surface area (Å²) in [6.07, 6.45) is 1.35. The first-order chi connectivity index (χ1) is 3.81. The number of carbonyl (C=O) groups excluding carboxylic acids is 1. The number of rotatable bonds is 2. The molecule has 0 atom stereocenters. The van der Waals surface area contributed by atoms with Crippen LogP contribution in [0.2, 0.25) is 0 Å². The van der Waals surface area contributed by atoms with Crippen molar-refractivity contribution in [3.8, 4) is 0 Å². The van der Waals surface area contributed by atoms with Gasteiger partial charge in [-0.1, -0.05) is 0 Å². The fraction of sp³-hybridized carbons (Fsp3) is 0. The van der Waals surface area contributed by atoms with E-state index in [-0.39, 0.29) is 0 Å². The van der Waals surface area contributed by atoms with Crippen LogP contribution in [0.1, 0.15) is 0 Å². The lowest BCUT2D eigenvalue weighted by Crippen LogP contribution is -1.94. The lowest BCUT2D eigenvalue weighted by molar-refractivity contribution is -0.229. The Morgan fingerprint density at radius 2 is 2.12 bits per heavy atom. The van der Waals surface area contributed by atoms with Crippen LogP contribution < -0.4 is 0 Å². The predicted molar refractivity (Wildman–Crippen MR) is 21.6 cm³/mol. The number of hydrogen-bond donors (Lipinski definition) is 2. The van der Waals surface area contributed by atoms with Crippen molar-refractivity contribution in [1.82, 2.24) is 0 Å². The average Bonchev–Trinajstić information content (AvgIpc) is 1.83. The minimum atomic E-state index is -1.01. The molecule has 0 radical (unpaired) electrons. The Labute approximate surface area is 44.6 Å². The van der Waals surface area contributed by atoms with Gasteiger partial charge in [-0.05, 0) is 0 Å². The van der Waals surface area contributed by atoms with Gasteiger partial charge in [-0.15, -0.1) is 0 Å². The van der Waals surface area contributed by atoms with Crippen LogP contribution in [0.25, 0.3) is 0 Å². The van der Waals surface area contributed by atoms with Crippen molar-refractivity contribution in [3.05, 3.63) is 12.3 Å². The monoisotopic (exact) mass is 120 g/mol. The number of carbonyl (C=O) groups is 1. The zero-order valence-electron chi connectivity index (χ0n) is 3.77. The molecule has 0 aromatic heterocycles. The first-order valence-electron chi connectivity index (χ1n) is 1.63. The molecule has 5 heteroatoms. The molecule has 5 nitrogen and oxygen atoms in total. The van der Waals surface area contributed by atoms with Crippen molar-refractivity contribution in [3.63, 3.8) is 0 Å². The van der Waals surface area contributed by atoms with E-state index < -0.39 is 5.97 Å². The van der Waals surface area contributed by atoms with Gasteiger partial charge in [0.05, 0.1) is 6.08 Å². The first-order valence-corrected chi connectivity index (χ1v) is 1.63. The van der Waals surface area contributed by atoms with Crippen molar-refractivity contribution in [2.45, 2.75) is 0 Å². The van der Waals surface area contributed by atoms with Crippen LogP contribution in [0.5, 0.6) is 0 Å². The summed E-state index contributed by atoms with van der Waals surface area (Å²) in [5, 5.41) is 15.1. The summed E-state index contributed by atoms with van der Waals surface area (Å²) in [7, 11) is 0. The predicted octanol–water partition coefficient (Wildman–Crippen LogP) is 0.00590. The molecule has 0 rings (SSSR count). The Morgan fingerprint density at radius 1 is 1.50 bits per heavy atom. The summed E-state index contributed by atoms with van der Waals surface area (Å²) in [6.45, 7) is 0. The van der Waals surface area contributed by atoms with Gasteiger partial charge < -0.3 is 4.89 Å². The molecule has 0 saturated heterocycles. The molecule has 2 N–H and O–H groups in total. The second kappa shape index (κ2) is 4.10. The lowest BCUT2D eigenvalue weighted by atomic mass is 10.7. The maximum atomic E-state index is 9.82. The molecule has 0 aromatic carbocycles. The Bertz CT molecular complexity index is 95.8. The maximum Gasteiger partial charge on any atom is 0.368 e. The SMILES string of the molecule is O=C(C=COO)OO. The zero-order chi connectivity index (χ0) is 6.41. The third-order valence-electron chi connectivity index (χ3n) is 0.355. The Kier molecular flexibility index (Phi) is 3.55. The Hall–Kier alpha value is -1.07. The van der Waals surface area contributed by atoms with E-state index in [1.807, 2.05) is 0 Å². The van der Waals surface area contributed by atoms with Gasteiger partial charge in [-0.2, -0.15) is 5.26 Å². The van der Waals surface area contributed by atoms with Crippen LogP contribution in [0, 0.1) is 0 Å². The highest BCUT2D eigenvalue weighted by Crippen LogP contribution is 1.75. The van der Waals surface area contributed by atoms with Crippen LogP contribution in [0.15, 0.2) is 12.3 Å².